The molecule has 1 heterocycles. The summed E-state index contributed by atoms with van der Waals surface area (Å²) in [5.74, 6) is 1.61. The number of benzene rings is 1. The first-order valence-electron chi connectivity index (χ1n) is 5.47. The molecule has 1 aliphatic heterocycles. The maximum Gasteiger partial charge on any atom is 0.163 e. The number of ether oxygens (including phenoxy) is 2. The van der Waals surface area contributed by atoms with Crippen LogP contribution < -0.4 is 20.5 Å². The van der Waals surface area contributed by atoms with E-state index in [2.05, 4.69) is 5.32 Å². The van der Waals surface area contributed by atoms with E-state index in [0.29, 0.717) is 19.8 Å². The van der Waals surface area contributed by atoms with Crippen LogP contribution in [-0.2, 0) is 0 Å². The minimum Gasteiger partial charge on any atom is -0.486 e. The molecule has 0 atom stereocenters. The molecule has 4 nitrogen and oxygen atoms in total. The molecule has 0 radical (unpaired) electrons. The highest BCUT2D eigenvalue weighted by Gasteiger charge is 2.13. The van der Waals surface area contributed by atoms with Gasteiger partial charge in [-0.05, 0) is 26.0 Å². The second-order valence-corrected chi connectivity index (χ2v) is 4.70. The summed E-state index contributed by atoms with van der Waals surface area (Å²) in [7, 11) is 0. The molecule has 0 aliphatic carbocycles. The van der Waals surface area contributed by atoms with E-state index in [-0.39, 0.29) is 5.54 Å². The summed E-state index contributed by atoms with van der Waals surface area (Å²) in [6.07, 6.45) is 0. The van der Waals surface area contributed by atoms with Crippen LogP contribution >= 0.6 is 0 Å². The van der Waals surface area contributed by atoms with E-state index in [1.54, 1.807) is 0 Å². The van der Waals surface area contributed by atoms with Crippen LogP contribution in [0.2, 0.25) is 0 Å². The van der Waals surface area contributed by atoms with Gasteiger partial charge in [0.15, 0.2) is 11.5 Å². The third-order valence-corrected chi connectivity index (χ3v) is 2.29. The minimum absolute atomic E-state index is 0.229. The number of anilines is 1. The summed E-state index contributed by atoms with van der Waals surface area (Å²) in [6, 6.07) is 5.83. The molecular formula is C12H18N2O2. The van der Waals surface area contributed by atoms with Crippen molar-refractivity contribution in [3.8, 4) is 11.5 Å². The van der Waals surface area contributed by atoms with Crippen molar-refractivity contribution in [2.45, 2.75) is 19.4 Å². The van der Waals surface area contributed by atoms with E-state index < -0.39 is 0 Å². The van der Waals surface area contributed by atoms with Gasteiger partial charge in [-0.1, -0.05) is 0 Å². The Bertz CT molecular complexity index is 372. The van der Waals surface area contributed by atoms with E-state index >= 15 is 0 Å². The second kappa shape index (κ2) is 4.22. The number of hydrogen-bond acceptors (Lipinski definition) is 4. The van der Waals surface area contributed by atoms with E-state index in [1.807, 2.05) is 32.0 Å². The predicted octanol–water partition coefficient (Wildman–Crippen LogP) is 1.61. The van der Waals surface area contributed by atoms with Crippen molar-refractivity contribution in [1.29, 1.82) is 0 Å². The smallest absolute Gasteiger partial charge is 0.163 e. The molecule has 88 valence electrons. The molecule has 0 amide bonds. The van der Waals surface area contributed by atoms with Crippen LogP contribution in [0.3, 0.4) is 0 Å². The Morgan fingerprint density at radius 1 is 1.25 bits per heavy atom. The lowest BCUT2D eigenvalue weighted by Crippen LogP contribution is -2.39. The summed E-state index contributed by atoms with van der Waals surface area (Å²) in [5.41, 5.74) is 6.68. The van der Waals surface area contributed by atoms with Crippen molar-refractivity contribution < 1.29 is 9.47 Å². The molecule has 0 saturated heterocycles. The Labute approximate surface area is 95.7 Å². The third kappa shape index (κ3) is 2.79. The zero-order valence-corrected chi connectivity index (χ0v) is 9.75. The highest BCUT2D eigenvalue weighted by molar-refractivity contribution is 5.55. The van der Waals surface area contributed by atoms with Crippen LogP contribution in [0.4, 0.5) is 5.69 Å². The summed E-state index contributed by atoms with van der Waals surface area (Å²) in [4.78, 5) is 0. The monoisotopic (exact) mass is 222 g/mol. The highest BCUT2D eigenvalue weighted by atomic mass is 16.6. The van der Waals surface area contributed by atoms with Crippen LogP contribution in [0.5, 0.6) is 11.5 Å². The molecule has 1 aromatic carbocycles. The molecule has 1 aromatic rings. The molecule has 3 N–H and O–H groups in total. The van der Waals surface area contributed by atoms with Gasteiger partial charge in [0.05, 0.1) is 0 Å². The Hall–Kier alpha value is -1.42. The zero-order chi connectivity index (χ0) is 11.6. The summed E-state index contributed by atoms with van der Waals surface area (Å²) < 4.78 is 10.9. The Kier molecular flexibility index (Phi) is 2.92. The lowest BCUT2D eigenvalue weighted by molar-refractivity contribution is 0.171. The van der Waals surface area contributed by atoms with Crippen molar-refractivity contribution in [3.05, 3.63) is 18.2 Å². The van der Waals surface area contributed by atoms with E-state index in [1.165, 1.54) is 0 Å². The Morgan fingerprint density at radius 2 is 1.94 bits per heavy atom. The van der Waals surface area contributed by atoms with E-state index in [4.69, 9.17) is 15.2 Å². The quantitative estimate of drug-likeness (QED) is 0.815. The number of nitrogens with two attached hydrogens (primary N) is 1. The fourth-order valence-electron chi connectivity index (χ4n) is 1.48. The van der Waals surface area contributed by atoms with Crippen molar-refractivity contribution in [2.24, 2.45) is 5.73 Å². The van der Waals surface area contributed by atoms with Gasteiger partial charge in [0, 0.05) is 23.8 Å². The average Bonchev–Trinajstić information content (AvgIpc) is 2.25. The second-order valence-electron chi connectivity index (χ2n) is 4.70. The topological polar surface area (TPSA) is 56.5 Å². The lowest BCUT2D eigenvalue weighted by atomic mass is 10.1. The maximum atomic E-state index is 5.90. The highest BCUT2D eigenvalue weighted by Crippen LogP contribution is 2.32. The minimum atomic E-state index is -0.229. The summed E-state index contributed by atoms with van der Waals surface area (Å²) in [5, 5.41) is 3.27. The predicted molar refractivity (Wildman–Crippen MR) is 64.2 cm³/mol. The van der Waals surface area contributed by atoms with Gasteiger partial charge in [0.2, 0.25) is 0 Å². The zero-order valence-electron chi connectivity index (χ0n) is 9.75. The number of fused-ring (bicyclic) bond motifs is 1. The van der Waals surface area contributed by atoms with Gasteiger partial charge >= 0.3 is 0 Å². The van der Waals surface area contributed by atoms with Gasteiger partial charge in [0.25, 0.3) is 0 Å². The first-order chi connectivity index (χ1) is 7.54. The average molecular weight is 222 g/mol. The van der Waals surface area contributed by atoms with Crippen molar-refractivity contribution in [1.82, 2.24) is 0 Å². The SMILES string of the molecule is CC(C)(N)CNc1ccc2c(c1)OCCO2. The number of rotatable bonds is 3. The van der Waals surface area contributed by atoms with Crippen LogP contribution in [0.1, 0.15) is 13.8 Å². The standard InChI is InChI=1S/C12H18N2O2/c1-12(2,13)8-14-9-3-4-10-11(7-9)16-6-5-15-10/h3-4,7,14H,5-6,8,13H2,1-2H3. The van der Waals surface area contributed by atoms with Gasteiger partial charge in [-0.25, -0.2) is 0 Å². The van der Waals surface area contributed by atoms with Crippen LogP contribution in [0.25, 0.3) is 0 Å². The third-order valence-electron chi connectivity index (χ3n) is 2.29. The summed E-state index contributed by atoms with van der Waals surface area (Å²) >= 11 is 0. The van der Waals surface area contributed by atoms with Gasteiger partial charge in [-0.15, -0.1) is 0 Å². The van der Waals surface area contributed by atoms with Gasteiger partial charge in [-0.3, -0.25) is 0 Å². The molecule has 0 saturated carbocycles. The normalized spacial score (nSPS) is 14.7. The van der Waals surface area contributed by atoms with Gasteiger partial charge < -0.3 is 20.5 Å². The van der Waals surface area contributed by atoms with Crippen molar-refractivity contribution in [2.75, 3.05) is 25.1 Å². The molecule has 0 aromatic heterocycles. The molecule has 0 spiro atoms. The first-order valence-corrected chi connectivity index (χ1v) is 5.47. The van der Waals surface area contributed by atoms with Gasteiger partial charge in [-0.2, -0.15) is 0 Å². The molecule has 1 aliphatic rings. The lowest BCUT2D eigenvalue weighted by Gasteiger charge is -2.22. The van der Waals surface area contributed by atoms with Crippen molar-refractivity contribution in [3.63, 3.8) is 0 Å². The molecule has 0 unspecified atom stereocenters. The van der Waals surface area contributed by atoms with E-state index in [9.17, 15) is 0 Å². The van der Waals surface area contributed by atoms with E-state index in [0.717, 1.165) is 17.2 Å². The Balaban J connectivity index is 2.06. The molecule has 0 bridgehead atoms. The molecule has 2 rings (SSSR count). The van der Waals surface area contributed by atoms with Crippen LogP contribution in [0.15, 0.2) is 18.2 Å². The molecule has 4 heteroatoms. The van der Waals surface area contributed by atoms with Crippen LogP contribution in [0, 0.1) is 0 Å². The number of hydrogen-bond donors (Lipinski definition) is 2. The van der Waals surface area contributed by atoms with Crippen molar-refractivity contribution >= 4 is 5.69 Å². The molecule has 0 fully saturated rings. The maximum absolute atomic E-state index is 5.90. The fraction of sp³-hybridized carbons (Fsp3) is 0.500. The largest absolute Gasteiger partial charge is 0.486 e. The first kappa shape index (κ1) is 11.1. The van der Waals surface area contributed by atoms with Gasteiger partial charge in [0.1, 0.15) is 13.2 Å². The summed E-state index contributed by atoms with van der Waals surface area (Å²) in [6.45, 7) is 5.91. The molecular weight excluding hydrogens is 204 g/mol. The molecule has 16 heavy (non-hydrogen) atoms. The van der Waals surface area contributed by atoms with Crippen LogP contribution in [-0.4, -0.2) is 25.3 Å². The fourth-order valence-corrected chi connectivity index (χ4v) is 1.48. The Morgan fingerprint density at radius 3 is 2.62 bits per heavy atom. The number of nitrogens with one attached hydrogen (secondary N) is 1.